The molecule has 1 aliphatic heterocycles. The molecular weight excluding hydrogens is 140 g/mol. The number of rotatable bonds is 0. The molecule has 2 heteroatoms. The molecule has 2 nitrogen and oxygen atoms in total. The SMILES string of the molecule is CC1COC(C(C)(C)C)OC1. The molecule has 0 saturated carbocycles. The maximum Gasteiger partial charge on any atom is 0.162 e. The largest absolute Gasteiger partial charge is 0.352 e. The summed E-state index contributed by atoms with van der Waals surface area (Å²) in [7, 11) is 0. The lowest BCUT2D eigenvalue weighted by Crippen LogP contribution is -2.39. The van der Waals surface area contributed by atoms with Gasteiger partial charge in [-0.1, -0.05) is 27.7 Å². The average molecular weight is 158 g/mol. The molecule has 0 atom stereocenters. The van der Waals surface area contributed by atoms with Crippen LogP contribution >= 0.6 is 0 Å². The molecule has 0 aromatic rings. The van der Waals surface area contributed by atoms with Crippen LogP contribution in [-0.2, 0) is 9.47 Å². The standard InChI is InChI=1S/C9H18O2/c1-7-5-10-8(11-6-7)9(2,3)4/h7-8H,5-6H2,1-4H3. The van der Waals surface area contributed by atoms with Gasteiger partial charge in [0, 0.05) is 11.3 Å². The Balaban J connectivity index is 2.39. The Bertz CT molecular complexity index is 118. The third-order valence-electron chi connectivity index (χ3n) is 1.77. The molecule has 1 saturated heterocycles. The zero-order valence-electron chi connectivity index (χ0n) is 7.89. The van der Waals surface area contributed by atoms with E-state index < -0.39 is 0 Å². The van der Waals surface area contributed by atoms with Crippen molar-refractivity contribution in [3.8, 4) is 0 Å². The van der Waals surface area contributed by atoms with E-state index in [4.69, 9.17) is 9.47 Å². The topological polar surface area (TPSA) is 18.5 Å². The lowest BCUT2D eigenvalue weighted by molar-refractivity contribution is -0.239. The van der Waals surface area contributed by atoms with Gasteiger partial charge in [-0.2, -0.15) is 0 Å². The molecule has 0 aliphatic carbocycles. The van der Waals surface area contributed by atoms with Crippen molar-refractivity contribution in [2.45, 2.75) is 34.0 Å². The molecule has 0 radical (unpaired) electrons. The predicted octanol–water partition coefficient (Wildman–Crippen LogP) is 2.04. The molecule has 1 aliphatic rings. The van der Waals surface area contributed by atoms with Gasteiger partial charge in [0.1, 0.15) is 0 Å². The van der Waals surface area contributed by atoms with Gasteiger partial charge in [-0.25, -0.2) is 0 Å². The van der Waals surface area contributed by atoms with E-state index in [1.54, 1.807) is 0 Å². The molecule has 0 unspecified atom stereocenters. The van der Waals surface area contributed by atoms with Crippen molar-refractivity contribution >= 4 is 0 Å². The van der Waals surface area contributed by atoms with Crippen LogP contribution in [0.4, 0.5) is 0 Å². The van der Waals surface area contributed by atoms with E-state index in [0.717, 1.165) is 13.2 Å². The van der Waals surface area contributed by atoms with Gasteiger partial charge in [0.25, 0.3) is 0 Å². The van der Waals surface area contributed by atoms with E-state index in [1.165, 1.54) is 0 Å². The summed E-state index contributed by atoms with van der Waals surface area (Å²) < 4.78 is 11.1. The fourth-order valence-corrected chi connectivity index (χ4v) is 1.10. The van der Waals surface area contributed by atoms with Gasteiger partial charge in [-0.3, -0.25) is 0 Å². The van der Waals surface area contributed by atoms with Crippen molar-refractivity contribution in [3.05, 3.63) is 0 Å². The number of hydrogen-bond donors (Lipinski definition) is 0. The molecule has 1 rings (SSSR count). The summed E-state index contributed by atoms with van der Waals surface area (Å²) in [5, 5.41) is 0. The van der Waals surface area contributed by atoms with E-state index in [1.807, 2.05) is 0 Å². The Labute approximate surface area is 68.9 Å². The van der Waals surface area contributed by atoms with Crippen LogP contribution in [0.25, 0.3) is 0 Å². The summed E-state index contributed by atoms with van der Waals surface area (Å²) in [6.07, 6.45) is -0.0151. The average Bonchev–Trinajstić information content (AvgIpc) is 1.86. The highest BCUT2D eigenvalue weighted by Gasteiger charge is 2.30. The van der Waals surface area contributed by atoms with Crippen LogP contribution in [0, 0.1) is 11.3 Å². The summed E-state index contributed by atoms with van der Waals surface area (Å²) in [5.41, 5.74) is 0.111. The van der Waals surface area contributed by atoms with E-state index in [-0.39, 0.29) is 11.7 Å². The first kappa shape index (κ1) is 9.01. The predicted molar refractivity (Wildman–Crippen MR) is 44.3 cm³/mol. The fourth-order valence-electron chi connectivity index (χ4n) is 1.10. The van der Waals surface area contributed by atoms with Crippen LogP contribution in [0.5, 0.6) is 0 Å². The highest BCUT2D eigenvalue weighted by molar-refractivity contribution is 4.70. The maximum absolute atomic E-state index is 5.53. The molecule has 66 valence electrons. The zero-order valence-corrected chi connectivity index (χ0v) is 7.89. The molecule has 0 aromatic heterocycles. The van der Waals surface area contributed by atoms with Crippen LogP contribution in [0.3, 0.4) is 0 Å². The Morgan fingerprint density at radius 2 is 1.55 bits per heavy atom. The lowest BCUT2D eigenvalue weighted by atomic mass is 9.95. The van der Waals surface area contributed by atoms with Crippen LogP contribution in [0.1, 0.15) is 27.7 Å². The second kappa shape index (κ2) is 3.11. The van der Waals surface area contributed by atoms with Gasteiger partial charge < -0.3 is 9.47 Å². The molecule has 1 fully saturated rings. The van der Waals surface area contributed by atoms with Crippen molar-refractivity contribution in [1.29, 1.82) is 0 Å². The summed E-state index contributed by atoms with van der Waals surface area (Å²) in [4.78, 5) is 0. The maximum atomic E-state index is 5.53. The molecule has 0 spiro atoms. The number of ether oxygens (including phenoxy) is 2. The molecule has 0 N–H and O–H groups in total. The first-order valence-electron chi connectivity index (χ1n) is 4.23. The van der Waals surface area contributed by atoms with Gasteiger partial charge >= 0.3 is 0 Å². The first-order chi connectivity index (χ1) is 5.00. The summed E-state index contributed by atoms with van der Waals surface area (Å²) in [5.74, 6) is 0.550. The second-order valence-corrected chi connectivity index (χ2v) is 4.47. The van der Waals surface area contributed by atoms with Crippen LogP contribution in [-0.4, -0.2) is 19.5 Å². The van der Waals surface area contributed by atoms with Gasteiger partial charge in [-0.15, -0.1) is 0 Å². The van der Waals surface area contributed by atoms with Crippen molar-refractivity contribution in [1.82, 2.24) is 0 Å². The molecule has 1 heterocycles. The van der Waals surface area contributed by atoms with E-state index >= 15 is 0 Å². The molecule has 0 aromatic carbocycles. The van der Waals surface area contributed by atoms with Crippen molar-refractivity contribution < 1.29 is 9.47 Å². The van der Waals surface area contributed by atoms with E-state index in [9.17, 15) is 0 Å². The monoisotopic (exact) mass is 158 g/mol. The Kier molecular flexibility index (Phi) is 2.55. The van der Waals surface area contributed by atoms with Gasteiger partial charge in [0.15, 0.2) is 6.29 Å². The summed E-state index contributed by atoms with van der Waals surface area (Å²) >= 11 is 0. The van der Waals surface area contributed by atoms with Gasteiger partial charge in [0.2, 0.25) is 0 Å². The van der Waals surface area contributed by atoms with Gasteiger partial charge in [-0.05, 0) is 0 Å². The first-order valence-corrected chi connectivity index (χ1v) is 4.23. The van der Waals surface area contributed by atoms with E-state index in [0.29, 0.717) is 5.92 Å². The summed E-state index contributed by atoms with van der Waals surface area (Å²) in [6.45, 7) is 10.2. The Hall–Kier alpha value is -0.0800. The molecule has 0 amide bonds. The number of hydrogen-bond acceptors (Lipinski definition) is 2. The third kappa shape index (κ3) is 2.46. The fraction of sp³-hybridized carbons (Fsp3) is 1.00. The van der Waals surface area contributed by atoms with Crippen molar-refractivity contribution in [2.75, 3.05) is 13.2 Å². The second-order valence-electron chi connectivity index (χ2n) is 4.47. The quantitative estimate of drug-likeness (QED) is 0.537. The van der Waals surface area contributed by atoms with Crippen LogP contribution in [0.2, 0.25) is 0 Å². The Morgan fingerprint density at radius 3 is 1.91 bits per heavy atom. The molecular formula is C9H18O2. The van der Waals surface area contributed by atoms with Crippen LogP contribution in [0.15, 0.2) is 0 Å². The normalized spacial score (nSPS) is 33.8. The Morgan fingerprint density at radius 1 is 1.09 bits per heavy atom. The molecule has 11 heavy (non-hydrogen) atoms. The zero-order chi connectivity index (χ0) is 8.48. The highest BCUT2D eigenvalue weighted by Crippen LogP contribution is 2.26. The van der Waals surface area contributed by atoms with Gasteiger partial charge in [0.05, 0.1) is 13.2 Å². The van der Waals surface area contributed by atoms with Crippen molar-refractivity contribution in [3.63, 3.8) is 0 Å². The minimum Gasteiger partial charge on any atom is -0.352 e. The smallest absolute Gasteiger partial charge is 0.162 e. The molecule has 0 bridgehead atoms. The summed E-state index contributed by atoms with van der Waals surface area (Å²) in [6, 6.07) is 0. The third-order valence-corrected chi connectivity index (χ3v) is 1.77. The van der Waals surface area contributed by atoms with E-state index in [2.05, 4.69) is 27.7 Å². The minimum atomic E-state index is -0.0151. The highest BCUT2D eigenvalue weighted by atomic mass is 16.7. The minimum absolute atomic E-state index is 0.0151. The van der Waals surface area contributed by atoms with Crippen molar-refractivity contribution in [2.24, 2.45) is 11.3 Å². The van der Waals surface area contributed by atoms with Crippen LogP contribution < -0.4 is 0 Å². The lowest BCUT2D eigenvalue weighted by Gasteiger charge is -2.35.